The monoisotopic (exact) mass is 395 g/mol. The summed E-state index contributed by atoms with van der Waals surface area (Å²) in [4.78, 5) is 2.35. The van der Waals surface area contributed by atoms with Crippen LogP contribution in [0.15, 0.2) is 145 Å². The summed E-state index contributed by atoms with van der Waals surface area (Å²) in [6.07, 6.45) is 13.8. The molecule has 0 aliphatic carbocycles. The molecule has 6 rings (SSSR count). The van der Waals surface area contributed by atoms with Crippen molar-refractivity contribution in [3.8, 4) is 0 Å². The van der Waals surface area contributed by atoms with Gasteiger partial charge in [-0.2, -0.15) is 0 Å². The Morgan fingerprint density at radius 3 is 0.903 bits per heavy atom. The van der Waals surface area contributed by atoms with Gasteiger partial charge in [-0.15, -0.1) is 0 Å². The highest BCUT2D eigenvalue weighted by Crippen LogP contribution is 2.42. The largest absolute Gasteiger partial charge is 0.310 e. The van der Waals surface area contributed by atoms with Crippen LogP contribution >= 0.6 is 0 Å². The summed E-state index contributed by atoms with van der Waals surface area (Å²) >= 11 is 0. The van der Waals surface area contributed by atoms with E-state index in [1.54, 1.807) is 0 Å². The quantitative estimate of drug-likeness (QED) is 0.452. The van der Waals surface area contributed by atoms with Gasteiger partial charge in [0.05, 0.1) is 0 Å². The maximum Gasteiger partial charge on any atom is 0.0474 e. The van der Waals surface area contributed by atoms with E-state index < -0.39 is 0 Å². The van der Waals surface area contributed by atoms with Crippen molar-refractivity contribution in [3.05, 3.63) is 161 Å². The zero-order chi connectivity index (χ0) is 20.6. The molecule has 0 N–H and O–H groups in total. The lowest BCUT2D eigenvalue weighted by molar-refractivity contribution is 0.567. The third kappa shape index (κ3) is 3.21. The van der Waals surface area contributed by atoms with E-state index in [1.165, 1.54) is 50.5 Å². The van der Waals surface area contributed by atoms with E-state index in [0.29, 0.717) is 0 Å². The summed E-state index contributed by atoms with van der Waals surface area (Å²) in [5.74, 6) is 0. The Hall–Kier alpha value is -4.10. The Balaban J connectivity index is 1.55. The normalized spacial score (nSPS) is 16.8. The second kappa shape index (κ2) is 7.30. The molecule has 3 aromatic carbocycles. The average molecular weight is 396 g/mol. The SMILES string of the molecule is C1=C(c2ccccc2)C=C2C=C(c3ccccc3)C=C3C=C(c4ccccc4)C=C1N23. The van der Waals surface area contributed by atoms with Gasteiger partial charge < -0.3 is 4.90 Å². The third-order valence-electron chi connectivity index (χ3n) is 5.92. The molecular formula is C30H21N. The van der Waals surface area contributed by atoms with Gasteiger partial charge in [0.15, 0.2) is 0 Å². The molecule has 1 heteroatoms. The first-order valence-electron chi connectivity index (χ1n) is 10.6. The van der Waals surface area contributed by atoms with E-state index in [1.807, 2.05) is 0 Å². The first-order chi connectivity index (χ1) is 15.3. The van der Waals surface area contributed by atoms with E-state index >= 15 is 0 Å². The van der Waals surface area contributed by atoms with Gasteiger partial charge in [-0.25, -0.2) is 0 Å². The van der Waals surface area contributed by atoms with E-state index in [2.05, 4.69) is 132 Å². The van der Waals surface area contributed by atoms with Crippen molar-refractivity contribution in [2.24, 2.45) is 0 Å². The molecule has 3 aromatic rings. The molecule has 3 heterocycles. The molecule has 0 spiro atoms. The zero-order valence-electron chi connectivity index (χ0n) is 17.1. The number of hydrogen-bond donors (Lipinski definition) is 0. The fourth-order valence-electron chi connectivity index (χ4n) is 4.43. The van der Waals surface area contributed by atoms with E-state index in [-0.39, 0.29) is 0 Å². The number of allylic oxidation sites excluding steroid dienone is 9. The van der Waals surface area contributed by atoms with Crippen LogP contribution in [0.5, 0.6) is 0 Å². The van der Waals surface area contributed by atoms with Gasteiger partial charge in [-0.05, 0) is 69.9 Å². The van der Waals surface area contributed by atoms with Gasteiger partial charge >= 0.3 is 0 Å². The first kappa shape index (κ1) is 17.7. The predicted octanol–water partition coefficient (Wildman–Crippen LogP) is 7.23. The first-order valence-corrected chi connectivity index (χ1v) is 10.6. The summed E-state index contributed by atoms with van der Waals surface area (Å²) < 4.78 is 0. The topological polar surface area (TPSA) is 3.24 Å². The molecule has 31 heavy (non-hydrogen) atoms. The lowest BCUT2D eigenvalue weighted by atomic mass is 9.89. The lowest BCUT2D eigenvalue weighted by Gasteiger charge is -2.37. The smallest absolute Gasteiger partial charge is 0.0474 e. The van der Waals surface area contributed by atoms with Crippen molar-refractivity contribution in [1.29, 1.82) is 0 Å². The number of nitrogens with zero attached hydrogens (tertiary/aromatic N) is 1. The summed E-state index contributed by atoms with van der Waals surface area (Å²) in [6.45, 7) is 0. The molecule has 0 amide bonds. The van der Waals surface area contributed by atoms with Crippen LogP contribution in [0.2, 0.25) is 0 Å². The van der Waals surface area contributed by atoms with Crippen LogP contribution in [0.3, 0.4) is 0 Å². The molecule has 3 aliphatic heterocycles. The Kier molecular flexibility index (Phi) is 4.18. The maximum atomic E-state index is 2.35. The van der Waals surface area contributed by atoms with Crippen molar-refractivity contribution in [2.45, 2.75) is 0 Å². The Bertz CT molecular complexity index is 1160. The second-order valence-electron chi connectivity index (χ2n) is 7.94. The molecule has 0 bridgehead atoms. The van der Waals surface area contributed by atoms with Crippen LogP contribution in [0.1, 0.15) is 16.7 Å². The second-order valence-corrected chi connectivity index (χ2v) is 7.94. The fourth-order valence-corrected chi connectivity index (χ4v) is 4.43. The number of rotatable bonds is 3. The lowest BCUT2D eigenvalue weighted by Crippen LogP contribution is -2.26. The molecule has 0 aromatic heterocycles. The number of hydrogen-bond acceptors (Lipinski definition) is 1. The van der Waals surface area contributed by atoms with Crippen molar-refractivity contribution < 1.29 is 0 Å². The highest BCUT2D eigenvalue weighted by molar-refractivity contribution is 5.89. The minimum atomic E-state index is 1.20. The van der Waals surface area contributed by atoms with Crippen molar-refractivity contribution in [2.75, 3.05) is 0 Å². The molecule has 1 nitrogen and oxygen atoms in total. The van der Waals surface area contributed by atoms with Crippen LogP contribution in [-0.4, -0.2) is 4.90 Å². The Morgan fingerprint density at radius 1 is 0.323 bits per heavy atom. The van der Waals surface area contributed by atoms with Crippen molar-refractivity contribution >= 4 is 16.7 Å². The van der Waals surface area contributed by atoms with Crippen molar-refractivity contribution in [1.82, 2.24) is 4.90 Å². The van der Waals surface area contributed by atoms with E-state index in [4.69, 9.17) is 0 Å². The van der Waals surface area contributed by atoms with Crippen LogP contribution in [0, 0.1) is 0 Å². The Morgan fingerprint density at radius 2 is 0.613 bits per heavy atom. The fraction of sp³-hybridized carbons (Fsp3) is 0. The van der Waals surface area contributed by atoms with Gasteiger partial charge in [0, 0.05) is 17.1 Å². The molecule has 0 unspecified atom stereocenters. The third-order valence-corrected chi connectivity index (χ3v) is 5.92. The minimum absolute atomic E-state index is 1.20. The molecule has 146 valence electrons. The van der Waals surface area contributed by atoms with Crippen LogP contribution in [0.25, 0.3) is 16.7 Å². The molecule has 0 atom stereocenters. The molecule has 0 saturated heterocycles. The highest BCUT2D eigenvalue weighted by atomic mass is 15.2. The predicted molar refractivity (Wildman–Crippen MR) is 129 cm³/mol. The molecular weight excluding hydrogens is 374 g/mol. The van der Waals surface area contributed by atoms with Crippen molar-refractivity contribution in [3.63, 3.8) is 0 Å². The van der Waals surface area contributed by atoms with Gasteiger partial charge in [0.2, 0.25) is 0 Å². The summed E-state index contributed by atoms with van der Waals surface area (Å²) in [5, 5.41) is 0. The van der Waals surface area contributed by atoms with E-state index in [0.717, 1.165) is 0 Å². The van der Waals surface area contributed by atoms with Gasteiger partial charge in [-0.1, -0.05) is 91.0 Å². The van der Waals surface area contributed by atoms with E-state index in [9.17, 15) is 0 Å². The van der Waals surface area contributed by atoms with Crippen LogP contribution in [-0.2, 0) is 0 Å². The molecule has 3 aliphatic rings. The van der Waals surface area contributed by atoms with Crippen LogP contribution < -0.4 is 0 Å². The average Bonchev–Trinajstić information content (AvgIpc) is 2.85. The molecule has 0 saturated carbocycles. The highest BCUT2D eigenvalue weighted by Gasteiger charge is 2.27. The van der Waals surface area contributed by atoms with Gasteiger partial charge in [0.1, 0.15) is 0 Å². The molecule has 0 radical (unpaired) electrons. The summed E-state index contributed by atoms with van der Waals surface area (Å²) in [5.41, 5.74) is 11.0. The summed E-state index contributed by atoms with van der Waals surface area (Å²) in [6, 6.07) is 31.9. The summed E-state index contributed by atoms with van der Waals surface area (Å²) in [7, 11) is 0. The Labute approximate surface area is 183 Å². The standard InChI is InChI=1S/C30H21N/c1-4-10-22(11-5-1)25-16-28-18-26(23-12-6-2-7-13-23)20-30-21-27(19-29(17-25)31(28)30)24-14-8-3-9-15-24/h1-21H. The molecule has 0 fully saturated rings. The maximum absolute atomic E-state index is 2.35. The zero-order valence-corrected chi connectivity index (χ0v) is 17.1. The van der Waals surface area contributed by atoms with Crippen LogP contribution in [0.4, 0.5) is 0 Å². The number of benzene rings is 3. The van der Waals surface area contributed by atoms with Gasteiger partial charge in [0.25, 0.3) is 0 Å². The van der Waals surface area contributed by atoms with Gasteiger partial charge in [-0.3, -0.25) is 0 Å². The minimum Gasteiger partial charge on any atom is -0.310 e.